The van der Waals surface area contributed by atoms with E-state index in [1.54, 1.807) is 0 Å². The number of fused-ring (bicyclic) bond motifs is 1. The Morgan fingerprint density at radius 3 is 2.40 bits per heavy atom. The summed E-state index contributed by atoms with van der Waals surface area (Å²) in [5.74, 6) is 1.90. The molecule has 0 aromatic rings. The van der Waals surface area contributed by atoms with Crippen molar-refractivity contribution >= 4 is 6.09 Å². The normalized spacial score (nSPS) is 38.0. The number of carbonyl (C=O) groups is 1. The Hall–Kier alpha value is -0.730. The van der Waals surface area contributed by atoms with E-state index in [2.05, 4.69) is 17.0 Å². The van der Waals surface area contributed by atoms with Crippen molar-refractivity contribution in [2.45, 2.75) is 39.0 Å². The van der Waals surface area contributed by atoms with Gasteiger partial charge in [-0.2, -0.15) is 0 Å². The molecular weight excluding hydrogens is 190 g/mol. The summed E-state index contributed by atoms with van der Waals surface area (Å²) in [6.07, 6.45) is 6.30. The Morgan fingerprint density at radius 2 is 2.00 bits per heavy atom. The Balaban J connectivity index is 1.88. The monoisotopic (exact) mass is 211 g/mol. The van der Waals surface area contributed by atoms with E-state index in [1.807, 2.05) is 0 Å². The van der Waals surface area contributed by atoms with Gasteiger partial charge in [-0.05, 0) is 49.4 Å². The Labute approximate surface area is 91.6 Å². The lowest BCUT2D eigenvalue weighted by atomic mass is 9.77. The van der Waals surface area contributed by atoms with Gasteiger partial charge in [-0.1, -0.05) is 6.92 Å². The first-order valence-electron chi connectivity index (χ1n) is 6.01. The fraction of sp³-hybridized carbons (Fsp3) is 0.917. The second-order valence-corrected chi connectivity index (χ2v) is 5.20. The van der Waals surface area contributed by atoms with Crippen molar-refractivity contribution in [1.29, 1.82) is 0 Å². The first-order chi connectivity index (χ1) is 7.19. The Bertz CT molecular complexity index is 240. The van der Waals surface area contributed by atoms with Gasteiger partial charge in [0, 0.05) is 6.54 Å². The quantitative estimate of drug-likeness (QED) is 0.779. The summed E-state index contributed by atoms with van der Waals surface area (Å²) in [6.45, 7) is 3.03. The number of hydrogen-bond acceptors (Lipinski definition) is 2. The van der Waals surface area contributed by atoms with Crippen LogP contribution < -0.4 is 5.32 Å². The summed E-state index contributed by atoms with van der Waals surface area (Å²) < 4.78 is 4.62. The molecule has 2 aliphatic carbocycles. The Kier molecular flexibility index (Phi) is 2.89. The Morgan fingerprint density at radius 1 is 1.40 bits per heavy atom. The van der Waals surface area contributed by atoms with Crippen molar-refractivity contribution < 1.29 is 9.53 Å². The molecule has 0 aromatic carbocycles. The third-order valence-electron chi connectivity index (χ3n) is 4.51. The van der Waals surface area contributed by atoms with Gasteiger partial charge in [0.2, 0.25) is 0 Å². The van der Waals surface area contributed by atoms with Crippen LogP contribution in [0.1, 0.15) is 39.0 Å². The zero-order valence-electron chi connectivity index (χ0n) is 9.71. The molecule has 1 unspecified atom stereocenters. The minimum absolute atomic E-state index is 0.290. The van der Waals surface area contributed by atoms with Crippen molar-refractivity contribution in [1.82, 2.24) is 5.32 Å². The maximum Gasteiger partial charge on any atom is 0.406 e. The van der Waals surface area contributed by atoms with Crippen molar-refractivity contribution in [3.8, 4) is 0 Å². The number of nitrogens with one attached hydrogen (secondary N) is 1. The van der Waals surface area contributed by atoms with Gasteiger partial charge in [0.15, 0.2) is 0 Å². The molecule has 2 fully saturated rings. The highest BCUT2D eigenvalue weighted by Crippen LogP contribution is 2.56. The molecule has 86 valence electrons. The topological polar surface area (TPSA) is 38.3 Å². The molecule has 0 saturated heterocycles. The van der Waals surface area contributed by atoms with E-state index in [0.29, 0.717) is 5.41 Å². The molecule has 3 heteroatoms. The van der Waals surface area contributed by atoms with Crippen LogP contribution in [0, 0.1) is 17.3 Å². The standard InChI is InChI=1S/C12H21NO2/c1-3-12(8-13-11(14)15-2)6-9-4-5-10(9)7-12/h9-10H,3-8H2,1-2H3,(H,13,14)/t9-,10+,12?. The van der Waals surface area contributed by atoms with Crippen molar-refractivity contribution in [2.24, 2.45) is 17.3 Å². The molecule has 0 radical (unpaired) electrons. The lowest BCUT2D eigenvalue weighted by Gasteiger charge is -2.29. The largest absolute Gasteiger partial charge is 0.453 e. The molecule has 0 heterocycles. The maximum atomic E-state index is 11.1. The fourth-order valence-electron chi connectivity index (χ4n) is 3.26. The molecule has 0 bridgehead atoms. The van der Waals surface area contributed by atoms with Gasteiger partial charge < -0.3 is 10.1 Å². The van der Waals surface area contributed by atoms with Gasteiger partial charge in [-0.3, -0.25) is 0 Å². The zero-order valence-corrected chi connectivity index (χ0v) is 9.71. The number of alkyl carbamates (subject to hydrolysis) is 1. The third-order valence-corrected chi connectivity index (χ3v) is 4.51. The van der Waals surface area contributed by atoms with E-state index in [4.69, 9.17) is 0 Å². The smallest absolute Gasteiger partial charge is 0.406 e. The van der Waals surface area contributed by atoms with Crippen LogP contribution in [-0.4, -0.2) is 19.7 Å². The lowest BCUT2D eigenvalue weighted by Crippen LogP contribution is -2.35. The maximum absolute atomic E-state index is 11.1. The zero-order chi connectivity index (χ0) is 10.9. The van der Waals surface area contributed by atoms with E-state index in [-0.39, 0.29) is 6.09 Å². The molecule has 2 aliphatic rings. The molecule has 2 rings (SSSR count). The first-order valence-corrected chi connectivity index (χ1v) is 6.01. The van der Waals surface area contributed by atoms with Gasteiger partial charge in [0.1, 0.15) is 0 Å². The van der Waals surface area contributed by atoms with Crippen LogP contribution in [0.25, 0.3) is 0 Å². The van der Waals surface area contributed by atoms with E-state index >= 15 is 0 Å². The van der Waals surface area contributed by atoms with Gasteiger partial charge >= 0.3 is 6.09 Å². The fourth-order valence-corrected chi connectivity index (χ4v) is 3.26. The summed E-state index contributed by atoms with van der Waals surface area (Å²) in [6, 6.07) is 0. The van der Waals surface area contributed by atoms with Gasteiger partial charge in [-0.25, -0.2) is 4.79 Å². The molecule has 2 saturated carbocycles. The number of hydrogen-bond donors (Lipinski definition) is 1. The summed E-state index contributed by atoms with van der Waals surface area (Å²) in [7, 11) is 1.42. The van der Waals surface area contributed by atoms with E-state index < -0.39 is 0 Å². The molecular formula is C12H21NO2. The van der Waals surface area contributed by atoms with Crippen LogP contribution in [0.2, 0.25) is 0 Å². The van der Waals surface area contributed by atoms with Crippen LogP contribution in [0.15, 0.2) is 0 Å². The first kappa shape index (κ1) is 10.8. The minimum Gasteiger partial charge on any atom is -0.453 e. The molecule has 3 nitrogen and oxygen atoms in total. The summed E-state index contributed by atoms with van der Waals surface area (Å²) in [4.78, 5) is 11.1. The van der Waals surface area contributed by atoms with Gasteiger partial charge in [0.05, 0.1) is 7.11 Å². The molecule has 1 amide bonds. The predicted molar refractivity (Wildman–Crippen MR) is 58.6 cm³/mol. The third kappa shape index (κ3) is 1.97. The molecule has 3 atom stereocenters. The van der Waals surface area contributed by atoms with Crippen LogP contribution in [0.4, 0.5) is 4.79 Å². The van der Waals surface area contributed by atoms with E-state index in [0.717, 1.165) is 18.4 Å². The number of rotatable bonds is 3. The molecule has 15 heavy (non-hydrogen) atoms. The molecule has 1 N–H and O–H groups in total. The second-order valence-electron chi connectivity index (χ2n) is 5.20. The average Bonchev–Trinajstić information content (AvgIpc) is 2.50. The summed E-state index contributed by atoms with van der Waals surface area (Å²) in [5.41, 5.74) is 0.361. The summed E-state index contributed by atoms with van der Waals surface area (Å²) >= 11 is 0. The highest BCUT2D eigenvalue weighted by molar-refractivity contribution is 5.66. The van der Waals surface area contributed by atoms with Crippen molar-refractivity contribution in [3.63, 3.8) is 0 Å². The number of carbonyl (C=O) groups excluding carboxylic acids is 1. The van der Waals surface area contributed by atoms with Crippen LogP contribution in [0.5, 0.6) is 0 Å². The van der Waals surface area contributed by atoms with Crippen LogP contribution in [-0.2, 0) is 4.74 Å². The van der Waals surface area contributed by atoms with Gasteiger partial charge in [-0.15, -0.1) is 0 Å². The van der Waals surface area contributed by atoms with E-state index in [1.165, 1.54) is 39.2 Å². The lowest BCUT2D eigenvalue weighted by molar-refractivity contribution is 0.160. The second kappa shape index (κ2) is 4.03. The predicted octanol–water partition coefficient (Wildman–Crippen LogP) is 2.56. The minimum atomic E-state index is -0.290. The molecule has 0 aromatic heterocycles. The highest BCUT2D eigenvalue weighted by atomic mass is 16.5. The molecule has 0 aliphatic heterocycles. The van der Waals surface area contributed by atoms with Crippen LogP contribution in [0.3, 0.4) is 0 Å². The SMILES string of the molecule is CCC1(CNC(=O)OC)C[C@H]2CC[C@H]2C1. The van der Waals surface area contributed by atoms with E-state index in [9.17, 15) is 4.79 Å². The molecule has 0 spiro atoms. The van der Waals surface area contributed by atoms with Crippen molar-refractivity contribution in [3.05, 3.63) is 0 Å². The number of amides is 1. The number of ether oxygens (including phenoxy) is 1. The van der Waals surface area contributed by atoms with Crippen molar-refractivity contribution in [2.75, 3.05) is 13.7 Å². The highest BCUT2D eigenvalue weighted by Gasteiger charge is 2.48. The van der Waals surface area contributed by atoms with Gasteiger partial charge in [0.25, 0.3) is 0 Å². The summed E-state index contributed by atoms with van der Waals surface area (Å²) in [5, 5.41) is 2.87. The van der Waals surface area contributed by atoms with Crippen LogP contribution >= 0.6 is 0 Å². The average molecular weight is 211 g/mol. The number of methoxy groups -OCH3 is 1.